The Balaban J connectivity index is 2.22. The highest BCUT2D eigenvalue weighted by molar-refractivity contribution is 5.96. The van der Waals surface area contributed by atoms with Crippen molar-refractivity contribution < 1.29 is 0 Å². The van der Waals surface area contributed by atoms with Gasteiger partial charge in [-0.05, 0) is 24.8 Å². The minimum Gasteiger partial charge on any atom is -0.359 e. The van der Waals surface area contributed by atoms with E-state index in [4.69, 9.17) is 0 Å². The van der Waals surface area contributed by atoms with Gasteiger partial charge < -0.3 is 9.80 Å². The van der Waals surface area contributed by atoms with Crippen LogP contribution in [0.15, 0.2) is 48.8 Å². The molecule has 1 aliphatic rings. The fourth-order valence-electron chi connectivity index (χ4n) is 2.59. The lowest BCUT2D eigenvalue weighted by Gasteiger charge is -2.29. The summed E-state index contributed by atoms with van der Waals surface area (Å²) in [5.74, 6) is 0. The predicted molar refractivity (Wildman–Crippen MR) is 77.5 cm³/mol. The fourth-order valence-corrected chi connectivity index (χ4v) is 2.59. The molecule has 2 aromatic rings. The van der Waals surface area contributed by atoms with Crippen molar-refractivity contribution in [1.82, 2.24) is 4.90 Å². The van der Waals surface area contributed by atoms with E-state index in [0.717, 1.165) is 0 Å². The van der Waals surface area contributed by atoms with E-state index in [1.807, 2.05) is 0 Å². The summed E-state index contributed by atoms with van der Waals surface area (Å²) in [5, 5.41) is 2.62. The van der Waals surface area contributed by atoms with Crippen molar-refractivity contribution in [2.45, 2.75) is 20.0 Å². The molecule has 0 N–H and O–H groups in total. The van der Waals surface area contributed by atoms with Crippen molar-refractivity contribution in [2.24, 2.45) is 0 Å². The summed E-state index contributed by atoms with van der Waals surface area (Å²) < 4.78 is 0. The molecule has 0 aliphatic carbocycles. The highest BCUT2D eigenvalue weighted by Crippen LogP contribution is 2.34. The maximum absolute atomic E-state index is 2.34. The van der Waals surface area contributed by atoms with Crippen LogP contribution in [-0.2, 0) is 0 Å². The van der Waals surface area contributed by atoms with Crippen molar-refractivity contribution in [3.8, 4) is 0 Å². The van der Waals surface area contributed by atoms with Crippen LogP contribution in [0.2, 0.25) is 0 Å². The molecule has 1 atom stereocenters. The van der Waals surface area contributed by atoms with Crippen molar-refractivity contribution in [3.63, 3.8) is 0 Å². The Morgan fingerprint density at radius 2 is 1.78 bits per heavy atom. The molecule has 0 bridgehead atoms. The highest BCUT2D eigenvalue weighted by Gasteiger charge is 2.22. The van der Waals surface area contributed by atoms with Crippen molar-refractivity contribution in [2.75, 3.05) is 11.9 Å². The van der Waals surface area contributed by atoms with Crippen LogP contribution in [0.3, 0.4) is 0 Å². The highest BCUT2D eigenvalue weighted by atomic mass is 15.4. The second-order valence-corrected chi connectivity index (χ2v) is 4.95. The molecule has 0 unspecified atom stereocenters. The molecular formula is C16H18N2. The number of rotatable bonds is 1. The van der Waals surface area contributed by atoms with Crippen LogP contribution in [0, 0.1) is 6.92 Å². The van der Waals surface area contributed by atoms with Gasteiger partial charge in [0.15, 0.2) is 0 Å². The molecule has 0 aromatic heterocycles. The van der Waals surface area contributed by atoms with Gasteiger partial charge in [-0.1, -0.05) is 36.4 Å². The Bertz CT molecular complexity index is 616. The first-order valence-electron chi connectivity index (χ1n) is 6.35. The predicted octanol–water partition coefficient (Wildman–Crippen LogP) is 3.72. The second-order valence-electron chi connectivity index (χ2n) is 4.95. The summed E-state index contributed by atoms with van der Waals surface area (Å²) in [6.45, 7) is 4.40. The monoisotopic (exact) mass is 238 g/mol. The molecular weight excluding hydrogens is 220 g/mol. The van der Waals surface area contributed by atoms with Gasteiger partial charge in [0, 0.05) is 24.8 Å². The molecule has 92 valence electrons. The van der Waals surface area contributed by atoms with E-state index in [2.05, 4.69) is 79.5 Å². The topological polar surface area (TPSA) is 6.48 Å². The second kappa shape index (κ2) is 4.05. The minimum absolute atomic E-state index is 0.370. The Morgan fingerprint density at radius 3 is 2.50 bits per heavy atom. The van der Waals surface area contributed by atoms with Gasteiger partial charge in [0.05, 0.1) is 5.69 Å². The van der Waals surface area contributed by atoms with Crippen LogP contribution in [-0.4, -0.2) is 18.1 Å². The van der Waals surface area contributed by atoms with E-state index in [-0.39, 0.29) is 0 Å². The lowest BCUT2D eigenvalue weighted by molar-refractivity contribution is 0.383. The SMILES string of the molecule is Cc1ccc2ccccc2c1N1C=CN(C)[C@@H]1C. The van der Waals surface area contributed by atoms with Gasteiger partial charge in [0.25, 0.3) is 0 Å². The number of anilines is 1. The summed E-state index contributed by atoms with van der Waals surface area (Å²) in [5.41, 5.74) is 2.64. The molecule has 0 fully saturated rings. The number of nitrogens with zero attached hydrogens (tertiary/aromatic N) is 2. The van der Waals surface area contributed by atoms with Gasteiger partial charge >= 0.3 is 0 Å². The van der Waals surface area contributed by atoms with E-state index in [1.165, 1.54) is 22.0 Å². The van der Waals surface area contributed by atoms with Crippen LogP contribution in [0.5, 0.6) is 0 Å². The number of hydrogen-bond donors (Lipinski definition) is 0. The molecule has 0 saturated heterocycles. The molecule has 0 radical (unpaired) electrons. The Labute approximate surface area is 108 Å². The zero-order chi connectivity index (χ0) is 12.7. The largest absolute Gasteiger partial charge is 0.359 e. The third-order valence-corrected chi connectivity index (χ3v) is 3.81. The molecule has 2 nitrogen and oxygen atoms in total. The lowest BCUT2D eigenvalue weighted by Crippen LogP contribution is -2.33. The van der Waals surface area contributed by atoms with E-state index in [1.54, 1.807) is 0 Å². The first-order chi connectivity index (χ1) is 8.68. The van der Waals surface area contributed by atoms with Gasteiger partial charge in [-0.3, -0.25) is 0 Å². The summed E-state index contributed by atoms with van der Waals surface area (Å²) in [4.78, 5) is 4.57. The average Bonchev–Trinajstić information content (AvgIpc) is 2.70. The van der Waals surface area contributed by atoms with Gasteiger partial charge in [-0.2, -0.15) is 0 Å². The minimum atomic E-state index is 0.370. The normalized spacial score (nSPS) is 18.9. The van der Waals surface area contributed by atoms with Gasteiger partial charge in [-0.25, -0.2) is 0 Å². The number of benzene rings is 2. The van der Waals surface area contributed by atoms with Crippen LogP contribution >= 0.6 is 0 Å². The summed E-state index contributed by atoms with van der Waals surface area (Å²) in [6, 6.07) is 13.0. The van der Waals surface area contributed by atoms with E-state index in [9.17, 15) is 0 Å². The third-order valence-electron chi connectivity index (χ3n) is 3.81. The van der Waals surface area contributed by atoms with E-state index in [0.29, 0.717) is 6.17 Å². The van der Waals surface area contributed by atoms with Gasteiger partial charge in [0.2, 0.25) is 0 Å². The first kappa shape index (κ1) is 11.1. The quantitative estimate of drug-likeness (QED) is 0.747. The first-order valence-corrected chi connectivity index (χ1v) is 6.35. The average molecular weight is 238 g/mol. The standard InChI is InChI=1S/C16H18N2/c1-12-8-9-14-6-4-5-7-15(14)16(12)18-11-10-17(3)13(18)2/h4-11,13H,1-3H3/t13-/m0/s1. The summed E-state index contributed by atoms with van der Waals surface area (Å²) >= 11 is 0. The Kier molecular flexibility index (Phi) is 2.51. The molecule has 0 amide bonds. The molecule has 1 aliphatic heterocycles. The zero-order valence-corrected chi connectivity index (χ0v) is 11.1. The fraction of sp³-hybridized carbons (Fsp3) is 0.250. The van der Waals surface area contributed by atoms with Crippen LogP contribution in [0.4, 0.5) is 5.69 Å². The zero-order valence-electron chi connectivity index (χ0n) is 11.1. The maximum Gasteiger partial charge on any atom is 0.102 e. The van der Waals surface area contributed by atoms with Gasteiger partial charge in [0.1, 0.15) is 6.17 Å². The van der Waals surface area contributed by atoms with Crippen LogP contribution in [0.1, 0.15) is 12.5 Å². The number of hydrogen-bond acceptors (Lipinski definition) is 2. The summed E-state index contributed by atoms with van der Waals surface area (Å²) in [7, 11) is 2.11. The van der Waals surface area contributed by atoms with Crippen molar-refractivity contribution in [1.29, 1.82) is 0 Å². The molecule has 18 heavy (non-hydrogen) atoms. The lowest BCUT2D eigenvalue weighted by atomic mass is 10.0. The smallest absolute Gasteiger partial charge is 0.102 e. The third kappa shape index (κ3) is 1.57. The number of fused-ring (bicyclic) bond motifs is 1. The van der Waals surface area contributed by atoms with E-state index >= 15 is 0 Å². The molecule has 0 saturated carbocycles. The van der Waals surface area contributed by atoms with Crippen molar-refractivity contribution in [3.05, 3.63) is 54.4 Å². The Morgan fingerprint density at radius 1 is 1.00 bits per heavy atom. The molecule has 0 spiro atoms. The Hall–Kier alpha value is -1.96. The van der Waals surface area contributed by atoms with Crippen molar-refractivity contribution >= 4 is 16.5 Å². The van der Waals surface area contributed by atoms with E-state index < -0.39 is 0 Å². The molecule has 2 aromatic carbocycles. The van der Waals surface area contributed by atoms with Crippen LogP contribution in [0.25, 0.3) is 10.8 Å². The van der Waals surface area contributed by atoms with Gasteiger partial charge in [-0.15, -0.1) is 0 Å². The molecule has 2 heteroatoms. The number of aryl methyl sites for hydroxylation is 1. The molecule has 1 heterocycles. The summed E-state index contributed by atoms with van der Waals surface area (Å²) in [6.07, 6.45) is 4.67. The van der Waals surface area contributed by atoms with Crippen LogP contribution < -0.4 is 4.90 Å². The maximum atomic E-state index is 2.34. The molecule has 3 rings (SSSR count).